The Morgan fingerprint density at radius 2 is 1.86 bits per heavy atom. The molecule has 0 aliphatic carbocycles. The molecule has 1 aromatic carbocycles. The molecule has 0 radical (unpaired) electrons. The van der Waals surface area contributed by atoms with Gasteiger partial charge in [-0.25, -0.2) is 0 Å². The Labute approximate surface area is 125 Å². The van der Waals surface area contributed by atoms with Crippen molar-refractivity contribution >= 4 is 11.6 Å². The van der Waals surface area contributed by atoms with Gasteiger partial charge >= 0.3 is 0 Å². The number of nitrogens with one attached hydrogen (secondary N) is 2. The van der Waals surface area contributed by atoms with E-state index in [9.17, 15) is 4.79 Å². The zero-order valence-corrected chi connectivity index (χ0v) is 12.7. The van der Waals surface area contributed by atoms with E-state index in [1.54, 1.807) is 12.3 Å². The van der Waals surface area contributed by atoms with E-state index in [4.69, 9.17) is 4.42 Å². The fourth-order valence-corrected chi connectivity index (χ4v) is 2.02. The first-order valence-corrected chi connectivity index (χ1v) is 7.23. The largest absolute Gasteiger partial charge is 0.467 e. The monoisotopic (exact) mass is 286 g/mol. The highest BCUT2D eigenvalue weighted by molar-refractivity contribution is 5.84. The molecule has 1 atom stereocenters. The smallest absolute Gasteiger partial charge is 0.242 e. The van der Waals surface area contributed by atoms with Crippen molar-refractivity contribution in [3.8, 4) is 0 Å². The minimum absolute atomic E-state index is 0.0562. The maximum Gasteiger partial charge on any atom is 0.242 e. The summed E-state index contributed by atoms with van der Waals surface area (Å²) in [5.41, 5.74) is 2.23. The minimum Gasteiger partial charge on any atom is -0.467 e. The molecule has 1 aromatic heterocycles. The number of anilines is 1. The average molecular weight is 286 g/mol. The van der Waals surface area contributed by atoms with Crippen LogP contribution in [0.5, 0.6) is 0 Å². The summed E-state index contributed by atoms with van der Waals surface area (Å²) in [7, 11) is 0. The molecule has 0 spiro atoms. The predicted molar refractivity (Wildman–Crippen MR) is 84.2 cm³/mol. The summed E-state index contributed by atoms with van der Waals surface area (Å²) >= 11 is 0. The molecule has 0 saturated heterocycles. The molecule has 0 bridgehead atoms. The van der Waals surface area contributed by atoms with E-state index in [1.807, 2.05) is 25.1 Å². The Balaban J connectivity index is 1.85. The van der Waals surface area contributed by atoms with Crippen molar-refractivity contribution in [2.75, 3.05) is 5.32 Å². The summed E-state index contributed by atoms with van der Waals surface area (Å²) < 4.78 is 5.18. The number of rotatable bonds is 6. The highest BCUT2D eigenvalue weighted by Crippen LogP contribution is 2.17. The zero-order valence-electron chi connectivity index (χ0n) is 12.7. The van der Waals surface area contributed by atoms with Crippen LogP contribution < -0.4 is 10.6 Å². The van der Waals surface area contributed by atoms with Gasteiger partial charge < -0.3 is 15.1 Å². The molecular weight excluding hydrogens is 264 g/mol. The molecule has 0 aliphatic rings. The van der Waals surface area contributed by atoms with Gasteiger partial charge in [-0.1, -0.05) is 26.0 Å². The third-order valence-corrected chi connectivity index (χ3v) is 3.37. The molecule has 4 heteroatoms. The van der Waals surface area contributed by atoms with Crippen molar-refractivity contribution in [1.29, 1.82) is 0 Å². The number of hydrogen-bond donors (Lipinski definition) is 2. The molecule has 0 fully saturated rings. The van der Waals surface area contributed by atoms with Crippen LogP contribution in [0.15, 0.2) is 47.1 Å². The second kappa shape index (κ2) is 6.97. The van der Waals surface area contributed by atoms with Crippen molar-refractivity contribution in [3.05, 3.63) is 54.0 Å². The van der Waals surface area contributed by atoms with Crippen molar-refractivity contribution in [2.45, 2.75) is 39.3 Å². The Hall–Kier alpha value is -2.23. The number of amides is 1. The molecule has 4 nitrogen and oxygen atoms in total. The molecule has 2 rings (SSSR count). The van der Waals surface area contributed by atoms with Gasteiger partial charge in [-0.05, 0) is 42.7 Å². The summed E-state index contributed by atoms with van der Waals surface area (Å²) in [5.74, 6) is 1.20. The molecule has 112 valence electrons. The van der Waals surface area contributed by atoms with E-state index >= 15 is 0 Å². The van der Waals surface area contributed by atoms with E-state index in [-0.39, 0.29) is 11.9 Å². The highest BCUT2D eigenvalue weighted by Gasteiger charge is 2.12. The lowest BCUT2D eigenvalue weighted by atomic mass is 10.0. The molecule has 21 heavy (non-hydrogen) atoms. The van der Waals surface area contributed by atoms with Gasteiger partial charge in [-0.3, -0.25) is 4.79 Å². The lowest BCUT2D eigenvalue weighted by Gasteiger charge is -2.15. The fraction of sp³-hybridized carbons (Fsp3) is 0.353. The van der Waals surface area contributed by atoms with E-state index < -0.39 is 0 Å². The van der Waals surface area contributed by atoms with Gasteiger partial charge in [0.15, 0.2) is 0 Å². The van der Waals surface area contributed by atoms with Crippen molar-refractivity contribution in [2.24, 2.45) is 0 Å². The van der Waals surface area contributed by atoms with Gasteiger partial charge in [0.25, 0.3) is 0 Å². The number of carbonyl (C=O) groups excluding carboxylic acids is 1. The summed E-state index contributed by atoms with van der Waals surface area (Å²) in [5, 5.41) is 6.03. The summed E-state index contributed by atoms with van der Waals surface area (Å²) in [4.78, 5) is 12.0. The number of furan rings is 1. The van der Waals surface area contributed by atoms with Gasteiger partial charge in [0.05, 0.1) is 12.8 Å². The van der Waals surface area contributed by atoms with Crippen LogP contribution in [0, 0.1) is 0 Å². The molecule has 2 N–H and O–H groups in total. The molecule has 1 amide bonds. The van der Waals surface area contributed by atoms with Crippen LogP contribution in [-0.2, 0) is 11.3 Å². The number of carbonyl (C=O) groups is 1. The van der Waals surface area contributed by atoms with E-state index in [1.165, 1.54) is 5.56 Å². The highest BCUT2D eigenvalue weighted by atomic mass is 16.3. The standard InChI is InChI=1S/C17H22N2O2/c1-12(2)14-6-8-15(9-7-14)19-13(3)17(20)18-11-16-5-4-10-21-16/h4-10,12-13,19H,11H2,1-3H3,(H,18,20). The van der Waals surface area contributed by atoms with Gasteiger partial charge in [-0.2, -0.15) is 0 Å². The second-order valence-corrected chi connectivity index (χ2v) is 5.44. The summed E-state index contributed by atoms with van der Waals surface area (Å²) in [6.07, 6.45) is 1.60. The van der Waals surface area contributed by atoms with Crippen LogP contribution in [-0.4, -0.2) is 11.9 Å². The van der Waals surface area contributed by atoms with Gasteiger partial charge in [0, 0.05) is 5.69 Å². The molecule has 0 saturated carbocycles. The van der Waals surface area contributed by atoms with Gasteiger partial charge in [0.1, 0.15) is 11.8 Å². The van der Waals surface area contributed by atoms with E-state index in [2.05, 4.69) is 36.6 Å². The zero-order chi connectivity index (χ0) is 15.2. The van der Waals surface area contributed by atoms with E-state index in [0.717, 1.165) is 11.4 Å². The van der Waals surface area contributed by atoms with Gasteiger partial charge in [-0.15, -0.1) is 0 Å². The topological polar surface area (TPSA) is 54.3 Å². The van der Waals surface area contributed by atoms with Crippen molar-refractivity contribution in [1.82, 2.24) is 5.32 Å². The van der Waals surface area contributed by atoms with Crippen LogP contribution in [0.2, 0.25) is 0 Å². The lowest BCUT2D eigenvalue weighted by molar-refractivity contribution is -0.121. The third-order valence-electron chi connectivity index (χ3n) is 3.37. The van der Waals surface area contributed by atoms with Crippen molar-refractivity contribution in [3.63, 3.8) is 0 Å². The maximum atomic E-state index is 12.0. The van der Waals surface area contributed by atoms with Crippen LogP contribution in [0.1, 0.15) is 38.0 Å². The predicted octanol–water partition coefficient (Wildman–Crippen LogP) is 3.52. The van der Waals surface area contributed by atoms with Crippen LogP contribution in [0.4, 0.5) is 5.69 Å². The fourth-order valence-electron chi connectivity index (χ4n) is 2.02. The van der Waals surface area contributed by atoms with Crippen LogP contribution >= 0.6 is 0 Å². The molecule has 0 aliphatic heterocycles. The Bertz CT molecular complexity index is 559. The quantitative estimate of drug-likeness (QED) is 0.854. The molecule has 2 aromatic rings. The lowest BCUT2D eigenvalue weighted by Crippen LogP contribution is -2.37. The normalized spacial score (nSPS) is 12.2. The maximum absolute atomic E-state index is 12.0. The van der Waals surface area contributed by atoms with Gasteiger partial charge in [0.2, 0.25) is 5.91 Å². The first-order chi connectivity index (χ1) is 10.1. The Kier molecular flexibility index (Phi) is 5.04. The van der Waals surface area contributed by atoms with E-state index in [0.29, 0.717) is 12.5 Å². The van der Waals surface area contributed by atoms with Crippen LogP contribution in [0.25, 0.3) is 0 Å². The molecular formula is C17H22N2O2. The Morgan fingerprint density at radius 3 is 2.43 bits per heavy atom. The van der Waals surface area contributed by atoms with Crippen molar-refractivity contribution < 1.29 is 9.21 Å². The molecule has 1 heterocycles. The Morgan fingerprint density at radius 1 is 1.14 bits per heavy atom. The third kappa shape index (κ3) is 4.38. The van der Waals surface area contributed by atoms with Crippen LogP contribution in [0.3, 0.4) is 0 Å². The first-order valence-electron chi connectivity index (χ1n) is 7.23. The second-order valence-electron chi connectivity index (χ2n) is 5.44. The minimum atomic E-state index is -0.301. The summed E-state index contributed by atoms with van der Waals surface area (Å²) in [6.45, 7) is 6.57. The molecule has 1 unspecified atom stereocenters. The number of hydrogen-bond acceptors (Lipinski definition) is 3. The number of benzene rings is 1. The first kappa shape index (κ1) is 15.2. The summed E-state index contributed by atoms with van der Waals surface area (Å²) in [6, 6.07) is 11.5. The average Bonchev–Trinajstić information content (AvgIpc) is 2.98. The SMILES string of the molecule is CC(Nc1ccc(C(C)C)cc1)C(=O)NCc1ccco1.